The lowest BCUT2D eigenvalue weighted by Gasteiger charge is -2.17. The van der Waals surface area contributed by atoms with Crippen molar-refractivity contribution in [2.45, 2.75) is 45.1 Å². The average Bonchev–Trinajstić information content (AvgIpc) is 2.54. The van der Waals surface area contributed by atoms with Gasteiger partial charge in [-0.3, -0.25) is 0 Å². The summed E-state index contributed by atoms with van der Waals surface area (Å²) < 4.78 is 0. The van der Waals surface area contributed by atoms with Crippen molar-refractivity contribution in [1.29, 1.82) is 0 Å². The van der Waals surface area contributed by atoms with Crippen molar-refractivity contribution in [3.05, 3.63) is 51.9 Å². The minimum Gasteiger partial charge on any atom is -0.393 e. The molecule has 0 saturated heterocycles. The molecule has 112 valence electrons. The van der Waals surface area contributed by atoms with Crippen LogP contribution in [0.25, 0.3) is 28.5 Å². The molecule has 0 saturated carbocycles. The Bertz CT molecular complexity index is 884. The van der Waals surface area contributed by atoms with Crippen LogP contribution in [-0.4, -0.2) is 11.2 Å². The normalized spacial score (nSPS) is 17.8. The standard InChI is InChI=1S/C21H22O/c1-14(22)13-16-6-4-8-19-18(16)11-12-20-17-7-3-2-5-15(17)9-10-21(19)20/h6-12,14,22H,2-5,13H2,1H3. The summed E-state index contributed by atoms with van der Waals surface area (Å²) in [6.45, 7) is 1.87. The Balaban J connectivity index is 1.98. The second kappa shape index (κ2) is 5.40. The van der Waals surface area contributed by atoms with Crippen LogP contribution < -0.4 is 10.4 Å². The van der Waals surface area contributed by atoms with E-state index in [0.29, 0.717) is 0 Å². The Hall–Kier alpha value is -1.86. The smallest absolute Gasteiger partial charge is 0.0552 e. The number of aliphatic hydroxyl groups excluding tert-OH is 1. The summed E-state index contributed by atoms with van der Waals surface area (Å²) in [5, 5.41) is 15.3. The van der Waals surface area contributed by atoms with Crippen LogP contribution in [0.4, 0.5) is 0 Å². The lowest BCUT2D eigenvalue weighted by Crippen LogP contribution is -2.20. The molecule has 0 aromatic heterocycles. The van der Waals surface area contributed by atoms with Crippen molar-refractivity contribution < 1.29 is 5.11 Å². The molecule has 0 amide bonds. The fourth-order valence-electron chi connectivity index (χ4n) is 3.94. The Morgan fingerprint density at radius 2 is 1.82 bits per heavy atom. The fourth-order valence-corrected chi connectivity index (χ4v) is 3.94. The van der Waals surface area contributed by atoms with Gasteiger partial charge >= 0.3 is 0 Å². The van der Waals surface area contributed by atoms with Crippen LogP contribution in [0.3, 0.4) is 0 Å². The zero-order valence-corrected chi connectivity index (χ0v) is 13.1. The Morgan fingerprint density at radius 1 is 1.00 bits per heavy atom. The molecule has 2 aliphatic carbocycles. The van der Waals surface area contributed by atoms with Crippen LogP contribution in [0.15, 0.2) is 30.3 Å². The van der Waals surface area contributed by atoms with Crippen molar-refractivity contribution in [3.63, 3.8) is 0 Å². The van der Waals surface area contributed by atoms with Crippen LogP contribution in [0.2, 0.25) is 0 Å². The minimum absolute atomic E-state index is 0.287. The molecule has 0 aliphatic heterocycles. The van der Waals surface area contributed by atoms with Crippen LogP contribution in [0.5, 0.6) is 0 Å². The molecule has 22 heavy (non-hydrogen) atoms. The summed E-state index contributed by atoms with van der Waals surface area (Å²) in [5.41, 5.74) is 4.08. The van der Waals surface area contributed by atoms with Gasteiger partial charge in [0.25, 0.3) is 0 Å². The molecule has 2 aliphatic rings. The van der Waals surface area contributed by atoms with E-state index in [-0.39, 0.29) is 6.10 Å². The number of hydrogen-bond donors (Lipinski definition) is 1. The molecule has 1 N–H and O–H groups in total. The quantitative estimate of drug-likeness (QED) is 0.900. The summed E-state index contributed by atoms with van der Waals surface area (Å²) in [6, 6.07) is 9.15. The highest BCUT2D eigenvalue weighted by molar-refractivity contribution is 5.90. The number of hydrogen-bond acceptors (Lipinski definition) is 1. The molecule has 2 aromatic rings. The monoisotopic (exact) mass is 290 g/mol. The van der Waals surface area contributed by atoms with Gasteiger partial charge in [-0.2, -0.15) is 0 Å². The summed E-state index contributed by atoms with van der Waals surface area (Å²) in [7, 11) is 0. The van der Waals surface area contributed by atoms with E-state index in [4.69, 9.17) is 0 Å². The maximum absolute atomic E-state index is 9.75. The van der Waals surface area contributed by atoms with E-state index in [1.807, 2.05) is 6.92 Å². The van der Waals surface area contributed by atoms with Gasteiger partial charge in [0, 0.05) is 0 Å². The van der Waals surface area contributed by atoms with Gasteiger partial charge in [0.05, 0.1) is 6.10 Å². The molecule has 0 heterocycles. The highest BCUT2D eigenvalue weighted by atomic mass is 16.3. The first-order chi connectivity index (χ1) is 10.7. The van der Waals surface area contributed by atoms with Crippen LogP contribution in [0.1, 0.15) is 43.7 Å². The number of rotatable bonds is 2. The second-order valence-electron chi connectivity index (χ2n) is 6.58. The number of aliphatic hydroxyl groups is 1. The highest BCUT2D eigenvalue weighted by Gasteiger charge is 2.13. The molecule has 1 unspecified atom stereocenters. The van der Waals surface area contributed by atoms with Crippen molar-refractivity contribution in [3.8, 4) is 0 Å². The molecular weight excluding hydrogens is 268 g/mol. The zero-order chi connectivity index (χ0) is 15.1. The first kappa shape index (κ1) is 13.8. The molecule has 0 fully saturated rings. The van der Waals surface area contributed by atoms with Gasteiger partial charge in [-0.25, -0.2) is 0 Å². The van der Waals surface area contributed by atoms with E-state index in [1.165, 1.54) is 57.2 Å². The van der Waals surface area contributed by atoms with Crippen molar-refractivity contribution in [1.82, 2.24) is 0 Å². The van der Waals surface area contributed by atoms with Crippen molar-refractivity contribution in [2.75, 3.05) is 0 Å². The first-order valence-corrected chi connectivity index (χ1v) is 8.36. The van der Waals surface area contributed by atoms with Crippen molar-refractivity contribution in [2.24, 2.45) is 0 Å². The number of allylic oxidation sites excluding steroid dienone is 1. The van der Waals surface area contributed by atoms with E-state index in [1.54, 1.807) is 0 Å². The van der Waals surface area contributed by atoms with Gasteiger partial charge in [0.2, 0.25) is 0 Å². The minimum atomic E-state index is -0.287. The molecule has 0 spiro atoms. The Morgan fingerprint density at radius 3 is 2.68 bits per heavy atom. The van der Waals surface area contributed by atoms with E-state index < -0.39 is 0 Å². The van der Waals surface area contributed by atoms with Gasteiger partial charge in [-0.05, 0) is 76.9 Å². The van der Waals surface area contributed by atoms with Gasteiger partial charge in [-0.15, -0.1) is 0 Å². The fraction of sp³-hybridized carbons (Fsp3) is 0.333. The molecule has 1 nitrogen and oxygen atoms in total. The molecule has 1 heteroatoms. The SMILES string of the molecule is CC(O)CC1=CCC=c2c1ccc1c3c(ccc21)CCCC=3. The third kappa shape index (κ3) is 2.21. The van der Waals surface area contributed by atoms with E-state index in [0.717, 1.165) is 12.8 Å². The zero-order valence-electron chi connectivity index (χ0n) is 13.1. The topological polar surface area (TPSA) is 20.2 Å². The van der Waals surface area contributed by atoms with Crippen LogP contribution >= 0.6 is 0 Å². The number of fused-ring (bicyclic) bond motifs is 5. The Labute approximate surface area is 131 Å². The lowest BCUT2D eigenvalue weighted by molar-refractivity contribution is 0.201. The molecule has 4 rings (SSSR count). The summed E-state index contributed by atoms with van der Waals surface area (Å²) in [4.78, 5) is 0. The molecule has 1 atom stereocenters. The van der Waals surface area contributed by atoms with Crippen LogP contribution in [-0.2, 0) is 6.42 Å². The summed E-state index contributed by atoms with van der Waals surface area (Å²) >= 11 is 0. The van der Waals surface area contributed by atoms with Crippen LogP contribution in [0, 0.1) is 0 Å². The highest BCUT2D eigenvalue weighted by Crippen LogP contribution is 2.24. The van der Waals surface area contributed by atoms with Gasteiger partial charge in [0.15, 0.2) is 0 Å². The largest absolute Gasteiger partial charge is 0.393 e. The van der Waals surface area contributed by atoms with E-state index >= 15 is 0 Å². The molecule has 0 bridgehead atoms. The van der Waals surface area contributed by atoms with E-state index in [9.17, 15) is 5.11 Å². The van der Waals surface area contributed by atoms with Gasteiger partial charge < -0.3 is 5.11 Å². The average molecular weight is 290 g/mol. The van der Waals surface area contributed by atoms with Gasteiger partial charge in [0.1, 0.15) is 0 Å². The lowest BCUT2D eigenvalue weighted by atomic mass is 9.88. The van der Waals surface area contributed by atoms with Gasteiger partial charge in [-0.1, -0.05) is 42.5 Å². The molecule has 2 aromatic carbocycles. The predicted molar refractivity (Wildman–Crippen MR) is 94.0 cm³/mol. The van der Waals surface area contributed by atoms with E-state index in [2.05, 4.69) is 42.5 Å². The maximum Gasteiger partial charge on any atom is 0.0552 e. The third-order valence-corrected chi connectivity index (χ3v) is 4.92. The number of aryl methyl sites for hydroxylation is 1. The molecular formula is C21H22O. The molecule has 0 radical (unpaired) electrons. The summed E-state index contributed by atoms with van der Waals surface area (Å²) in [6.07, 6.45) is 12.1. The predicted octanol–water partition coefficient (Wildman–Crippen LogP) is 3.30. The van der Waals surface area contributed by atoms with Crippen molar-refractivity contribution >= 4 is 28.5 Å². The number of benzene rings is 2. The maximum atomic E-state index is 9.75. The summed E-state index contributed by atoms with van der Waals surface area (Å²) in [5.74, 6) is 0. The third-order valence-electron chi connectivity index (χ3n) is 4.92. The Kier molecular flexibility index (Phi) is 3.38. The second-order valence-corrected chi connectivity index (χ2v) is 6.58. The first-order valence-electron chi connectivity index (χ1n) is 8.36.